The minimum Gasteiger partial charge on any atom is -0.377 e. The molecule has 0 spiro atoms. The van der Waals surface area contributed by atoms with Crippen molar-refractivity contribution >= 4 is 5.91 Å². The van der Waals surface area contributed by atoms with E-state index in [1.165, 1.54) is 0 Å². The van der Waals surface area contributed by atoms with E-state index in [2.05, 4.69) is 19.2 Å². The highest BCUT2D eigenvalue weighted by Crippen LogP contribution is 2.34. The highest BCUT2D eigenvalue weighted by Gasteiger charge is 2.44. The van der Waals surface area contributed by atoms with E-state index in [1.54, 1.807) is 0 Å². The molecule has 2 fully saturated rings. The third kappa shape index (κ3) is 2.47. The summed E-state index contributed by atoms with van der Waals surface area (Å²) in [6.07, 6.45) is 3.07. The second-order valence-electron chi connectivity index (χ2n) is 5.38. The molecule has 2 aliphatic rings. The fourth-order valence-electron chi connectivity index (χ4n) is 3.06. The number of morpholine rings is 1. The molecule has 2 aliphatic heterocycles. The first-order chi connectivity index (χ1) is 8.19. The van der Waals surface area contributed by atoms with Crippen molar-refractivity contribution in [3.8, 4) is 0 Å². The summed E-state index contributed by atoms with van der Waals surface area (Å²) in [4.78, 5) is 14.8. The lowest BCUT2D eigenvalue weighted by atomic mass is 9.80. The lowest BCUT2D eigenvalue weighted by Gasteiger charge is -2.39. The third-order valence-corrected chi connectivity index (χ3v) is 4.05. The Hall–Kier alpha value is -0.610. The molecule has 98 valence electrons. The van der Waals surface area contributed by atoms with Gasteiger partial charge in [-0.3, -0.25) is 4.79 Å². The van der Waals surface area contributed by atoms with Crippen LogP contribution < -0.4 is 5.32 Å². The minimum absolute atomic E-state index is 0.139. The smallest absolute Gasteiger partial charge is 0.230 e. The molecule has 1 amide bonds. The average Bonchev–Trinajstić information content (AvgIpc) is 2.79. The van der Waals surface area contributed by atoms with E-state index in [-0.39, 0.29) is 11.5 Å². The van der Waals surface area contributed by atoms with E-state index in [1.807, 2.05) is 4.90 Å². The molecule has 17 heavy (non-hydrogen) atoms. The van der Waals surface area contributed by atoms with Gasteiger partial charge in [0.1, 0.15) is 0 Å². The number of rotatable bonds is 3. The van der Waals surface area contributed by atoms with E-state index in [0.717, 1.165) is 38.9 Å². The first-order valence-corrected chi connectivity index (χ1v) is 6.79. The third-order valence-electron chi connectivity index (χ3n) is 4.05. The Kier molecular flexibility index (Phi) is 4.05. The average molecular weight is 240 g/mol. The maximum absolute atomic E-state index is 12.8. The summed E-state index contributed by atoms with van der Waals surface area (Å²) in [5.74, 6) is 0.347. The summed E-state index contributed by atoms with van der Waals surface area (Å²) in [6.45, 7) is 8.20. The van der Waals surface area contributed by atoms with Gasteiger partial charge in [0, 0.05) is 13.1 Å². The standard InChI is InChI=1S/C13H24N2O2/c1-3-4-13(5-6-14-10-13)12(16)15-7-8-17-9-11(15)2/h11,14H,3-10H2,1-2H3/t11-,13?/m1/s1. The molecule has 2 rings (SSSR count). The van der Waals surface area contributed by atoms with E-state index in [0.29, 0.717) is 19.1 Å². The highest BCUT2D eigenvalue weighted by molar-refractivity contribution is 5.83. The number of carbonyl (C=O) groups is 1. The fourth-order valence-corrected chi connectivity index (χ4v) is 3.06. The van der Waals surface area contributed by atoms with Crippen molar-refractivity contribution < 1.29 is 9.53 Å². The predicted molar refractivity (Wildman–Crippen MR) is 66.8 cm³/mol. The van der Waals surface area contributed by atoms with Crippen LogP contribution in [0.1, 0.15) is 33.1 Å². The molecule has 2 atom stereocenters. The van der Waals surface area contributed by atoms with Crippen molar-refractivity contribution in [3.63, 3.8) is 0 Å². The number of ether oxygens (including phenoxy) is 1. The van der Waals surface area contributed by atoms with Crippen molar-refractivity contribution in [1.29, 1.82) is 0 Å². The van der Waals surface area contributed by atoms with Crippen LogP contribution in [0.15, 0.2) is 0 Å². The molecular formula is C13H24N2O2. The Morgan fingerprint density at radius 2 is 2.41 bits per heavy atom. The van der Waals surface area contributed by atoms with Crippen LogP contribution in [0.3, 0.4) is 0 Å². The molecule has 1 unspecified atom stereocenters. The topological polar surface area (TPSA) is 41.6 Å². The number of hydrogen-bond acceptors (Lipinski definition) is 3. The first kappa shape index (κ1) is 12.8. The Morgan fingerprint density at radius 1 is 1.59 bits per heavy atom. The van der Waals surface area contributed by atoms with Gasteiger partial charge >= 0.3 is 0 Å². The number of nitrogens with zero attached hydrogens (tertiary/aromatic N) is 1. The Bertz CT molecular complexity index is 275. The van der Waals surface area contributed by atoms with Crippen LogP contribution in [0.2, 0.25) is 0 Å². The van der Waals surface area contributed by atoms with Gasteiger partial charge in [-0.2, -0.15) is 0 Å². The van der Waals surface area contributed by atoms with Crippen molar-refractivity contribution in [2.75, 3.05) is 32.8 Å². The molecule has 0 radical (unpaired) electrons. The molecular weight excluding hydrogens is 216 g/mol. The molecule has 4 nitrogen and oxygen atoms in total. The fraction of sp³-hybridized carbons (Fsp3) is 0.923. The number of hydrogen-bond donors (Lipinski definition) is 1. The molecule has 2 heterocycles. The lowest BCUT2D eigenvalue weighted by molar-refractivity contribution is -0.149. The largest absolute Gasteiger partial charge is 0.377 e. The van der Waals surface area contributed by atoms with Crippen LogP contribution in [0.5, 0.6) is 0 Å². The van der Waals surface area contributed by atoms with Gasteiger partial charge in [-0.05, 0) is 26.3 Å². The molecule has 0 aromatic heterocycles. The van der Waals surface area contributed by atoms with Crippen molar-refractivity contribution in [2.24, 2.45) is 5.41 Å². The zero-order chi connectivity index (χ0) is 12.3. The molecule has 2 saturated heterocycles. The normalized spacial score (nSPS) is 34.0. The highest BCUT2D eigenvalue weighted by atomic mass is 16.5. The molecule has 4 heteroatoms. The Morgan fingerprint density at radius 3 is 3.00 bits per heavy atom. The summed E-state index contributed by atoms with van der Waals surface area (Å²) in [5.41, 5.74) is -0.139. The number of nitrogens with one attached hydrogen (secondary N) is 1. The summed E-state index contributed by atoms with van der Waals surface area (Å²) in [5, 5.41) is 3.35. The molecule has 0 aromatic carbocycles. The Labute approximate surface area is 104 Å². The van der Waals surface area contributed by atoms with Crippen LogP contribution in [0.25, 0.3) is 0 Å². The molecule has 0 bridgehead atoms. The van der Waals surface area contributed by atoms with E-state index >= 15 is 0 Å². The van der Waals surface area contributed by atoms with Crippen LogP contribution in [0.4, 0.5) is 0 Å². The number of carbonyl (C=O) groups excluding carboxylic acids is 1. The van der Waals surface area contributed by atoms with Crippen molar-refractivity contribution in [3.05, 3.63) is 0 Å². The van der Waals surface area contributed by atoms with E-state index in [9.17, 15) is 4.79 Å². The van der Waals surface area contributed by atoms with Gasteiger partial charge in [0.05, 0.1) is 24.7 Å². The van der Waals surface area contributed by atoms with E-state index < -0.39 is 0 Å². The lowest BCUT2D eigenvalue weighted by Crippen LogP contribution is -2.53. The van der Waals surface area contributed by atoms with Gasteiger partial charge in [0.25, 0.3) is 0 Å². The zero-order valence-electron chi connectivity index (χ0n) is 11.0. The molecule has 0 aromatic rings. The van der Waals surface area contributed by atoms with Gasteiger partial charge in [0.2, 0.25) is 5.91 Å². The van der Waals surface area contributed by atoms with Gasteiger partial charge in [0.15, 0.2) is 0 Å². The van der Waals surface area contributed by atoms with Gasteiger partial charge in [-0.15, -0.1) is 0 Å². The monoisotopic (exact) mass is 240 g/mol. The van der Waals surface area contributed by atoms with E-state index in [4.69, 9.17) is 4.74 Å². The maximum Gasteiger partial charge on any atom is 0.230 e. The van der Waals surface area contributed by atoms with Crippen LogP contribution in [-0.4, -0.2) is 49.7 Å². The quantitative estimate of drug-likeness (QED) is 0.800. The summed E-state index contributed by atoms with van der Waals surface area (Å²) in [7, 11) is 0. The molecule has 0 aliphatic carbocycles. The molecule has 1 N–H and O–H groups in total. The summed E-state index contributed by atoms with van der Waals surface area (Å²) in [6, 6.07) is 0.227. The Balaban J connectivity index is 2.10. The second kappa shape index (κ2) is 5.36. The molecule has 0 saturated carbocycles. The van der Waals surface area contributed by atoms with Crippen LogP contribution in [0, 0.1) is 5.41 Å². The van der Waals surface area contributed by atoms with Gasteiger partial charge in [-0.1, -0.05) is 13.3 Å². The zero-order valence-corrected chi connectivity index (χ0v) is 11.0. The van der Waals surface area contributed by atoms with Crippen molar-refractivity contribution in [1.82, 2.24) is 10.2 Å². The summed E-state index contributed by atoms with van der Waals surface area (Å²) >= 11 is 0. The van der Waals surface area contributed by atoms with Crippen molar-refractivity contribution in [2.45, 2.75) is 39.2 Å². The van der Waals surface area contributed by atoms with Gasteiger partial charge < -0.3 is 15.0 Å². The van der Waals surface area contributed by atoms with Crippen LogP contribution >= 0.6 is 0 Å². The minimum atomic E-state index is -0.139. The van der Waals surface area contributed by atoms with Gasteiger partial charge in [-0.25, -0.2) is 0 Å². The predicted octanol–water partition coefficient (Wildman–Crippen LogP) is 1.01. The second-order valence-corrected chi connectivity index (χ2v) is 5.38. The number of amides is 1. The van der Waals surface area contributed by atoms with Crippen LogP contribution in [-0.2, 0) is 9.53 Å². The maximum atomic E-state index is 12.8. The first-order valence-electron chi connectivity index (χ1n) is 6.79. The summed E-state index contributed by atoms with van der Waals surface area (Å²) < 4.78 is 5.41. The SMILES string of the molecule is CCCC1(C(=O)N2CCOC[C@H]2C)CCNC1.